The Morgan fingerprint density at radius 3 is 2.19 bits per heavy atom. The minimum Gasteiger partial charge on any atom is -0.361 e. The number of aromatic amines is 2. The molecule has 2 atom stereocenters. The molecule has 8 rings (SSSR count). The Kier molecular flexibility index (Phi) is 7.70. The lowest BCUT2D eigenvalue weighted by molar-refractivity contribution is 0.0663. The first-order chi connectivity index (χ1) is 23.6. The number of para-hydroxylation sites is 2. The number of aryl methyl sites for hydroxylation is 1. The summed E-state index contributed by atoms with van der Waals surface area (Å²) in [6.45, 7) is 0.563. The van der Waals surface area contributed by atoms with Crippen molar-refractivity contribution in [2.75, 3.05) is 0 Å². The van der Waals surface area contributed by atoms with Gasteiger partial charge in [0.2, 0.25) is 5.79 Å². The van der Waals surface area contributed by atoms with Gasteiger partial charge in [0, 0.05) is 59.8 Å². The van der Waals surface area contributed by atoms with Gasteiger partial charge in [0.1, 0.15) is 11.5 Å². The van der Waals surface area contributed by atoms with Crippen molar-refractivity contribution in [3.8, 4) is 0 Å². The lowest BCUT2D eigenvalue weighted by Gasteiger charge is -2.52. The molecule has 0 spiro atoms. The third kappa shape index (κ3) is 5.50. The highest BCUT2D eigenvalue weighted by atomic mass is 16.2. The zero-order valence-corrected chi connectivity index (χ0v) is 26.6. The highest BCUT2D eigenvalue weighted by Crippen LogP contribution is 2.35. The average Bonchev–Trinajstić information content (AvgIpc) is 3.74. The summed E-state index contributed by atoms with van der Waals surface area (Å²) >= 11 is 0. The van der Waals surface area contributed by atoms with Gasteiger partial charge in [-0.1, -0.05) is 84.9 Å². The molecule has 1 aliphatic heterocycles. The summed E-state index contributed by atoms with van der Waals surface area (Å²) < 4.78 is 0. The van der Waals surface area contributed by atoms with Crippen LogP contribution in [0.5, 0.6) is 0 Å². The van der Waals surface area contributed by atoms with Crippen molar-refractivity contribution in [2.45, 2.75) is 44.1 Å². The van der Waals surface area contributed by atoms with E-state index in [-0.39, 0.29) is 5.91 Å². The minimum atomic E-state index is -1.18. The van der Waals surface area contributed by atoms with E-state index in [1.807, 2.05) is 24.4 Å². The number of nitrogens with zero attached hydrogens (tertiary/aromatic N) is 3. The molecule has 5 N–H and O–H groups in total. The van der Waals surface area contributed by atoms with Gasteiger partial charge in [0.25, 0.3) is 5.91 Å². The summed E-state index contributed by atoms with van der Waals surface area (Å²) in [4.78, 5) is 32.1. The summed E-state index contributed by atoms with van der Waals surface area (Å²) in [7, 11) is 0. The molecule has 4 heterocycles. The van der Waals surface area contributed by atoms with Crippen LogP contribution < -0.4 is 11.1 Å². The highest BCUT2D eigenvalue weighted by Gasteiger charge is 2.50. The quantitative estimate of drug-likeness (QED) is 0.122. The Hall–Kier alpha value is -5.73. The fraction of sp³-hybridized carbons (Fsp3) is 0.175. The number of pyridine rings is 1. The molecule has 8 nitrogen and oxygen atoms in total. The number of H-pyrrole nitrogens is 2. The van der Waals surface area contributed by atoms with Crippen molar-refractivity contribution in [3.05, 3.63) is 150 Å². The number of benzene rings is 4. The molecule has 238 valence electrons. The number of aliphatic imine (C=N–C) groups is 1. The molecule has 0 saturated carbocycles. The Morgan fingerprint density at radius 1 is 0.750 bits per heavy atom. The predicted molar refractivity (Wildman–Crippen MR) is 193 cm³/mol. The number of nitrogens with one attached hydrogen (secondary N) is 3. The second-order valence-electron chi connectivity index (χ2n) is 12.6. The van der Waals surface area contributed by atoms with Crippen LogP contribution in [0.4, 0.5) is 0 Å². The number of amides is 1. The molecule has 7 aromatic rings. The fourth-order valence-electron chi connectivity index (χ4n) is 7.10. The van der Waals surface area contributed by atoms with E-state index < -0.39 is 11.8 Å². The smallest absolute Gasteiger partial charge is 0.270 e. The predicted octanol–water partition coefficient (Wildman–Crippen LogP) is 7.09. The van der Waals surface area contributed by atoms with Crippen LogP contribution in [0.15, 0.2) is 133 Å². The molecule has 4 aromatic carbocycles. The normalized spacial score (nSPS) is 16.6. The van der Waals surface area contributed by atoms with Crippen LogP contribution in [-0.2, 0) is 19.4 Å². The molecular formula is C40H37N7O. The SMILES string of the molecule is N[C@]1([C@@H](Cc2c[nH]c3ccccc23)NC(=O)c2ccccn2)N=C(CCCc2c[nH]c3ccccc23)N1Cc1cccc2ccccc12. The summed E-state index contributed by atoms with van der Waals surface area (Å²) in [6.07, 6.45) is 8.82. The Balaban J connectivity index is 1.14. The maximum Gasteiger partial charge on any atom is 0.270 e. The van der Waals surface area contributed by atoms with E-state index in [9.17, 15) is 4.79 Å². The maximum absolute atomic E-state index is 13.7. The molecule has 48 heavy (non-hydrogen) atoms. The number of rotatable bonds is 11. The van der Waals surface area contributed by atoms with Crippen molar-refractivity contribution in [1.29, 1.82) is 0 Å². The van der Waals surface area contributed by atoms with Gasteiger partial charge in [0.15, 0.2) is 0 Å². The van der Waals surface area contributed by atoms with Crippen molar-refractivity contribution in [3.63, 3.8) is 0 Å². The maximum atomic E-state index is 13.7. The highest BCUT2D eigenvalue weighted by molar-refractivity contribution is 5.94. The topological polar surface area (TPSA) is 115 Å². The number of amidine groups is 1. The van der Waals surface area contributed by atoms with Crippen LogP contribution in [0.2, 0.25) is 0 Å². The Labute approximate surface area is 278 Å². The second kappa shape index (κ2) is 12.5. The molecule has 3 aromatic heterocycles. The zero-order valence-electron chi connectivity index (χ0n) is 26.6. The van der Waals surface area contributed by atoms with E-state index in [4.69, 9.17) is 10.7 Å². The van der Waals surface area contributed by atoms with E-state index in [1.165, 1.54) is 21.7 Å². The van der Waals surface area contributed by atoms with Crippen LogP contribution in [-0.4, -0.2) is 43.4 Å². The number of hydrogen-bond donors (Lipinski definition) is 4. The van der Waals surface area contributed by atoms with Crippen LogP contribution >= 0.6 is 0 Å². The summed E-state index contributed by atoms with van der Waals surface area (Å²) in [5.74, 6) is -0.518. The van der Waals surface area contributed by atoms with Gasteiger partial charge in [-0.2, -0.15) is 0 Å². The first-order valence-corrected chi connectivity index (χ1v) is 16.5. The molecule has 0 bridgehead atoms. The second-order valence-corrected chi connectivity index (χ2v) is 12.6. The van der Waals surface area contributed by atoms with Crippen molar-refractivity contribution >= 4 is 44.3 Å². The Morgan fingerprint density at radius 2 is 1.42 bits per heavy atom. The van der Waals surface area contributed by atoms with E-state index >= 15 is 0 Å². The summed E-state index contributed by atoms with van der Waals surface area (Å²) in [5.41, 5.74) is 13.4. The van der Waals surface area contributed by atoms with Gasteiger partial charge in [-0.25, -0.2) is 4.99 Å². The van der Waals surface area contributed by atoms with Crippen LogP contribution in [0.3, 0.4) is 0 Å². The van der Waals surface area contributed by atoms with Crippen LogP contribution in [0.1, 0.15) is 40.0 Å². The van der Waals surface area contributed by atoms with E-state index in [2.05, 4.69) is 110 Å². The fourth-order valence-corrected chi connectivity index (χ4v) is 7.10. The van der Waals surface area contributed by atoms with Gasteiger partial charge in [-0.3, -0.25) is 15.5 Å². The van der Waals surface area contributed by atoms with Crippen molar-refractivity contribution in [2.24, 2.45) is 10.7 Å². The number of nitrogens with two attached hydrogens (primary N) is 1. The first kappa shape index (κ1) is 29.7. The van der Waals surface area contributed by atoms with E-state index in [1.54, 1.807) is 18.3 Å². The molecule has 1 amide bonds. The Bertz CT molecular complexity index is 2260. The molecule has 0 unspecified atom stereocenters. The molecule has 0 saturated heterocycles. The average molecular weight is 632 g/mol. The van der Waals surface area contributed by atoms with E-state index in [0.29, 0.717) is 18.7 Å². The first-order valence-electron chi connectivity index (χ1n) is 16.5. The van der Waals surface area contributed by atoms with Crippen molar-refractivity contribution in [1.82, 2.24) is 25.2 Å². The van der Waals surface area contributed by atoms with E-state index in [0.717, 1.165) is 52.6 Å². The monoisotopic (exact) mass is 631 g/mol. The number of hydrogen-bond acceptors (Lipinski definition) is 5. The number of fused-ring (bicyclic) bond motifs is 3. The van der Waals surface area contributed by atoms with Crippen LogP contribution in [0, 0.1) is 0 Å². The molecule has 0 aliphatic carbocycles. The molecule has 8 heteroatoms. The van der Waals surface area contributed by atoms with Gasteiger partial charge in [-0.05, 0) is 64.6 Å². The molecular weight excluding hydrogens is 594 g/mol. The third-order valence-electron chi connectivity index (χ3n) is 9.60. The lowest BCUT2D eigenvalue weighted by Crippen LogP contribution is -2.74. The van der Waals surface area contributed by atoms with Gasteiger partial charge in [-0.15, -0.1) is 0 Å². The van der Waals surface area contributed by atoms with Crippen molar-refractivity contribution < 1.29 is 4.79 Å². The number of carbonyl (C=O) groups excluding carboxylic acids is 1. The minimum absolute atomic E-state index is 0.279. The largest absolute Gasteiger partial charge is 0.361 e. The third-order valence-corrected chi connectivity index (χ3v) is 9.60. The van der Waals surface area contributed by atoms with Gasteiger partial charge in [0.05, 0.1) is 6.04 Å². The van der Waals surface area contributed by atoms with Crippen LogP contribution in [0.25, 0.3) is 32.6 Å². The summed E-state index contributed by atoms with van der Waals surface area (Å²) in [5, 5.41) is 7.96. The van der Waals surface area contributed by atoms with Gasteiger partial charge >= 0.3 is 0 Å². The molecule has 0 radical (unpaired) electrons. The number of aromatic nitrogens is 3. The standard InChI is InChI=1S/C40H37N7O/c41-40(37(45-39(48)36-20-7-8-22-42-36)23-30-25-44-35-19-6-4-17-33(30)35)46-38(21-10-13-28-24-43-34-18-5-3-16-32(28)34)47(40)26-29-14-9-12-27-11-1-2-15-31(27)29/h1-9,11-12,14-20,22,24-25,37,43-44H,10,13,21,23,26,41H2,(H,45,48)/t37-,40-/m1/s1. The lowest BCUT2D eigenvalue weighted by atomic mass is 9.93. The molecule has 0 fully saturated rings. The summed E-state index contributed by atoms with van der Waals surface area (Å²) in [6, 6.07) is 36.2. The molecule has 1 aliphatic rings. The van der Waals surface area contributed by atoms with Gasteiger partial charge < -0.3 is 20.2 Å². The number of carbonyl (C=O) groups is 1. The zero-order chi connectivity index (χ0) is 32.5.